The van der Waals surface area contributed by atoms with Crippen molar-refractivity contribution >= 4 is 12.0 Å². The van der Waals surface area contributed by atoms with Gasteiger partial charge in [0, 0.05) is 6.54 Å². The molecule has 1 aliphatic heterocycles. The molecule has 0 aliphatic carbocycles. The molecule has 0 saturated carbocycles. The molecule has 2 amide bonds. The highest BCUT2D eigenvalue weighted by molar-refractivity contribution is 5.86. The van der Waals surface area contributed by atoms with Crippen LogP contribution >= 0.6 is 0 Å². The van der Waals surface area contributed by atoms with Gasteiger partial charge in [0.1, 0.15) is 5.54 Å². The van der Waals surface area contributed by atoms with Crippen LogP contribution in [0.2, 0.25) is 0 Å². The number of amides is 2. The number of likely N-dealkylation sites (tertiary alicyclic amines) is 1. The number of nitrogens with one attached hydrogen (secondary N) is 1. The van der Waals surface area contributed by atoms with Crippen LogP contribution in [0.3, 0.4) is 0 Å². The third kappa shape index (κ3) is 3.35. The Kier molecular flexibility index (Phi) is 4.21. The molecule has 0 bridgehead atoms. The van der Waals surface area contributed by atoms with E-state index in [1.165, 1.54) is 11.8 Å². The maximum Gasteiger partial charge on any atom is 0.329 e. The molecule has 6 nitrogen and oxygen atoms in total. The highest BCUT2D eigenvalue weighted by Gasteiger charge is 2.39. The van der Waals surface area contributed by atoms with Crippen LogP contribution < -0.4 is 5.32 Å². The van der Waals surface area contributed by atoms with Crippen LogP contribution in [0.25, 0.3) is 0 Å². The lowest BCUT2D eigenvalue weighted by molar-refractivity contribution is -0.144. The average Bonchev–Trinajstić information content (AvgIpc) is 2.59. The smallest absolute Gasteiger partial charge is 0.329 e. The quantitative estimate of drug-likeness (QED) is 0.695. The first-order valence-corrected chi connectivity index (χ1v) is 6.23. The second kappa shape index (κ2) is 5.14. The highest BCUT2D eigenvalue weighted by Crippen LogP contribution is 2.21. The molecule has 3 N–H and O–H groups in total. The summed E-state index contributed by atoms with van der Waals surface area (Å²) in [6, 6.07) is -0.425. The number of hydrogen-bond donors (Lipinski definition) is 3. The minimum atomic E-state index is -1.25. The van der Waals surface area contributed by atoms with Crippen molar-refractivity contribution in [3.8, 4) is 0 Å². The highest BCUT2D eigenvalue weighted by atomic mass is 16.4. The number of rotatable bonds is 4. The number of aliphatic carboxylic acids is 1. The summed E-state index contributed by atoms with van der Waals surface area (Å²) in [6.07, 6.45) is 1.55. The van der Waals surface area contributed by atoms with Crippen LogP contribution in [0.1, 0.15) is 40.0 Å². The molecule has 18 heavy (non-hydrogen) atoms. The predicted octanol–water partition coefficient (Wildman–Crippen LogP) is 0.796. The van der Waals surface area contributed by atoms with Crippen molar-refractivity contribution in [2.24, 2.45) is 0 Å². The molecule has 2 unspecified atom stereocenters. The van der Waals surface area contributed by atoms with E-state index in [-0.39, 0.29) is 6.54 Å². The van der Waals surface area contributed by atoms with Gasteiger partial charge in [-0.1, -0.05) is 13.3 Å². The van der Waals surface area contributed by atoms with E-state index in [0.717, 1.165) is 0 Å². The van der Waals surface area contributed by atoms with Crippen LogP contribution in [0.4, 0.5) is 4.79 Å². The number of carboxylic acids is 1. The van der Waals surface area contributed by atoms with Crippen LogP contribution in [0.5, 0.6) is 0 Å². The third-order valence-corrected chi connectivity index (χ3v) is 3.34. The van der Waals surface area contributed by atoms with Gasteiger partial charge >= 0.3 is 12.0 Å². The summed E-state index contributed by atoms with van der Waals surface area (Å²) in [5.41, 5.74) is -2.12. The molecule has 0 spiro atoms. The number of carboxylic acid groups (broad SMARTS) is 1. The first-order chi connectivity index (χ1) is 8.20. The zero-order chi connectivity index (χ0) is 14.0. The van der Waals surface area contributed by atoms with Crippen LogP contribution in [-0.4, -0.2) is 51.3 Å². The van der Waals surface area contributed by atoms with E-state index in [9.17, 15) is 19.8 Å². The normalized spacial score (nSPS) is 26.8. The molecule has 1 fully saturated rings. The lowest BCUT2D eigenvalue weighted by Crippen LogP contribution is -2.56. The van der Waals surface area contributed by atoms with Gasteiger partial charge < -0.3 is 20.4 Å². The van der Waals surface area contributed by atoms with Gasteiger partial charge in [0.2, 0.25) is 0 Å². The van der Waals surface area contributed by atoms with Crippen molar-refractivity contribution in [1.82, 2.24) is 10.2 Å². The monoisotopic (exact) mass is 258 g/mol. The van der Waals surface area contributed by atoms with E-state index in [0.29, 0.717) is 25.8 Å². The maximum absolute atomic E-state index is 12.0. The summed E-state index contributed by atoms with van der Waals surface area (Å²) in [7, 11) is 0. The van der Waals surface area contributed by atoms with Crippen LogP contribution in [0, 0.1) is 0 Å². The van der Waals surface area contributed by atoms with Crippen molar-refractivity contribution in [2.45, 2.75) is 51.2 Å². The number of nitrogens with zero attached hydrogens (tertiary/aromatic N) is 1. The first-order valence-electron chi connectivity index (χ1n) is 6.23. The Labute approximate surface area is 107 Å². The molecule has 0 aromatic carbocycles. The number of urea groups is 1. The molecule has 104 valence electrons. The largest absolute Gasteiger partial charge is 0.480 e. The molecule has 2 atom stereocenters. The Morgan fingerprint density at radius 2 is 2.11 bits per heavy atom. The molecule has 0 aromatic rings. The summed E-state index contributed by atoms with van der Waals surface area (Å²) in [4.78, 5) is 24.6. The zero-order valence-corrected chi connectivity index (χ0v) is 11.2. The van der Waals surface area contributed by atoms with Crippen molar-refractivity contribution in [3.05, 3.63) is 0 Å². The second-order valence-corrected chi connectivity index (χ2v) is 5.49. The molecule has 6 heteroatoms. The standard InChI is InChI=1S/C12H22N2O4/c1-4-5-12(3,9(15)16)13-10(17)14-7-6-11(2,18)8-14/h18H,4-8H2,1-3H3,(H,13,17)(H,15,16). The van der Waals surface area contributed by atoms with Gasteiger partial charge in [-0.05, 0) is 26.7 Å². The molecule has 0 radical (unpaired) electrons. The van der Waals surface area contributed by atoms with Gasteiger partial charge in [-0.15, -0.1) is 0 Å². The van der Waals surface area contributed by atoms with Crippen molar-refractivity contribution < 1.29 is 19.8 Å². The van der Waals surface area contributed by atoms with E-state index in [1.807, 2.05) is 6.92 Å². The average molecular weight is 258 g/mol. The number of β-amino-alcohol motifs (C(OH)–C–C–N with tert-alkyl or cyclic N) is 1. The number of hydrogen-bond acceptors (Lipinski definition) is 3. The predicted molar refractivity (Wildman–Crippen MR) is 66.3 cm³/mol. The fourth-order valence-corrected chi connectivity index (χ4v) is 2.16. The van der Waals surface area contributed by atoms with E-state index in [4.69, 9.17) is 0 Å². The van der Waals surface area contributed by atoms with Gasteiger partial charge in [-0.3, -0.25) is 0 Å². The SMILES string of the molecule is CCCC(C)(NC(=O)N1CCC(C)(O)C1)C(=O)O. The van der Waals surface area contributed by atoms with E-state index in [2.05, 4.69) is 5.32 Å². The Hall–Kier alpha value is -1.30. The van der Waals surface area contributed by atoms with Gasteiger partial charge in [-0.2, -0.15) is 0 Å². The van der Waals surface area contributed by atoms with Gasteiger partial charge in [0.25, 0.3) is 0 Å². The Bertz CT molecular complexity index is 343. The summed E-state index contributed by atoms with van der Waals surface area (Å²) < 4.78 is 0. The topological polar surface area (TPSA) is 89.9 Å². The van der Waals surface area contributed by atoms with E-state index >= 15 is 0 Å². The fourth-order valence-electron chi connectivity index (χ4n) is 2.16. The molecular weight excluding hydrogens is 236 g/mol. The summed E-state index contributed by atoms with van der Waals surface area (Å²) >= 11 is 0. The summed E-state index contributed by atoms with van der Waals surface area (Å²) in [5.74, 6) is -1.04. The number of aliphatic hydroxyl groups is 1. The van der Waals surface area contributed by atoms with Gasteiger partial charge in [0.05, 0.1) is 12.1 Å². The van der Waals surface area contributed by atoms with E-state index < -0.39 is 23.1 Å². The lowest BCUT2D eigenvalue weighted by Gasteiger charge is -2.29. The Morgan fingerprint density at radius 1 is 1.50 bits per heavy atom. The summed E-state index contributed by atoms with van der Waals surface area (Å²) in [6.45, 7) is 5.73. The van der Waals surface area contributed by atoms with Crippen LogP contribution in [-0.2, 0) is 4.79 Å². The van der Waals surface area contributed by atoms with Gasteiger partial charge in [0.15, 0.2) is 0 Å². The lowest BCUT2D eigenvalue weighted by atomic mass is 9.96. The minimum absolute atomic E-state index is 0.237. The molecule has 0 aromatic heterocycles. The zero-order valence-electron chi connectivity index (χ0n) is 11.2. The molecular formula is C12H22N2O4. The minimum Gasteiger partial charge on any atom is -0.480 e. The molecule has 1 rings (SSSR count). The number of carbonyl (C=O) groups is 2. The second-order valence-electron chi connectivity index (χ2n) is 5.49. The van der Waals surface area contributed by atoms with Crippen molar-refractivity contribution in [3.63, 3.8) is 0 Å². The Morgan fingerprint density at radius 3 is 2.50 bits per heavy atom. The number of carbonyl (C=O) groups excluding carboxylic acids is 1. The maximum atomic E-state index is 12.0. The fraction of sp³-hybridized carbons (Fsp3) is 0.833. The molecule has 1 aliphatic rings. The van der Waals surface area contributed by atoms with Gasteiger partial charge in [-0.25, -0.2) is 9.59 Å². The molecule has 1 saturated heterocycles. The van der Waals surface area contributed by atoms with Crippen molar-refractivity contribution in [2.75, 3.05) is 13.1 Å². The first kappa shape index (κ1) is 14.8. The third-order valence-electron chi connectivity index (χ3n) is 3.34. The van der Waals surface area contributed by atoms with Crippen LogP contribution in [0.15, 0.2) is 0 Å². The molecule has 1 heterocycles. The summed E-state index contributed by atoms with van der Waals surface area (Å²) in [5, 5.41) is 21.5. The van der Waals surface area contributed by atoms with E-state index in [1.54, 1.807) is 6.92 Å². The van der Waals surface area contributed by atoms with Crippen molar-refractivity contribution in [1.29, 1.82) is 0 Å². The Balaban J connectivity index is 2.66.